The number of halogens is 3. The molecule has 0 saturated heterocycles. The van der Waals surface area contributed by atoms with Crippen LogP contribution in [0.5, 0.6) is 11.5 Å². The summed E-state index contributed by atoms with van der Waals surface area (Å²) in [5, 5.41) is 3.24. The summed E-state index contributed by atoms with van der Waals surface area (Å²) in [6, 6.07) is 19.0. The monoisotopic (exact) mass is 550 g/mol. The summed E-state index contributed by atoms with van der Waals surface area (Å²) in [5.41, 5.74) is 2.18. The van der Waals surface area contributed by atoms with E-state index < -0.39 is 18.1 Å². The van der Waals surface area contributed by atoms with Crippen molar-refractivity contribution in [1.29, 1.82) is 0 Å². The molecular weight excluding hydrogens is 521 g/mol. The van der Waals surface area contributed by atoms with E-state index in [1.807, 2.05) is 31.2 Å². The fourth-order valence-electron chi connectivity index (χ4n) is 5.41. The lowest BCUT2D eigenvalue weighted by molar-refractivity contribution is -0.170. The number of benzene rings is 3. The highest BCUT2D eigenvalue weighted by Crippen LogP contribution is 2.50. The number of nitrogens with one attached hydrogen (secondary N) is 1. The van der Waals surface area contributed by atoms with Gasteiger partial charge in [-0.15, -0.1) is 0 Å². The number of rotatable bonds is 6. The molecule has 40 heavy (non-hydrogen) atoms. The molecule has 1 amide bonds. The molecule has 2 aliphatic rings. The van der Waals surface area contributed by atoms with E-state index in [-0.39, 0.29) is 29.4 Å². The second kappa shape index (κ2) is 11.1. The molecule has 0 saturated carbocycles. The van der Waals surface area contributed by atoms with E-state index in [2.05, 4.69) is 5.32 Å². The number of alkyl halides is 3. The van der Waals surface area contributed by atoms with Crippen molar-refractivity contribution in [3.63, 3.8) is 0 Å². The number of carbonyl (C=O) groups is 2. The molecule has 3 aromatic carbocycles. The predicted octanol–water partition coefficient (Wildman–Crippen LogP) is 6.95. The standard InChI is InChI=1S/C31H29F3N2O4/c1-3-16-40-27-11-7-4-8-22(27)29-28-24(17-20(18-26(28)37)19-12-14-21(39-2)15-13-19)35-23-9-5-6-10-25(23)36(29)30(38)31(32,33)34/h4-15,20,29,35H,3,16-18H2,1-2H3/t20-,29-/m1/s1. The van der Waals surface area contributed by atoms with Gasteiger partial charge in [-0.05, 0) is 54.7 Å². The first kappa shape index (κ1) is 27.3. The number of methoxy groups -OCH3 is 1. The zero-order valence-corrected chi connectivity index (χ0v) is 22.1. The highest BCUT2D eigenvalue weighted by Gasteiger charge is 2.50. The molecule has 9 heteroatoms. The molecule has 0 fully saturated rings. The van der Waals surface area contributed by atoms with Crippen molar-refractivity contribution < 1.29 is 32.2 Å². The molecule has 1 heterocycles. The summed E-state index contributed by atoms with van der Waals surface area (Å²) in [6.45, 7) is 2.24. The Morgan fingerprint density at radius 2 is 1.70 bits per heavy atom. The van der Waals surface area contributed by atoms with Crippen molar-refractivity contribution >= 4 is 23.1 Å². The van der Waals surface area contributed by atoms with E-state index in [1.165, 1.54) is 6.07 Å². The van der Waals surface area contributed by atoms with Gasteiger partial charge in [-0.3, -0.25) is 14.5 Å². The highest BCUT2D eigenvalue weighted by molar-refractivity contribution is 6.08. The van der Waals surface area contributed by atoms with Gasteiger partial charge in [0.2, 0.25) is 0 Å². The van der Waals surface area contributed by atoms with Gasteiger partial charge in [0.05, 0.1) is 31.1 Å². The molecule has 1 aliphatic carbocycles. The van der Waals surface area contributed by atoms with Crippen molar-refractivity contribution in [2.24, 2.45) is 0 Å². The normalized spacial score (nSPS) is 18.8. The summed E-state index contributed by atoms with van der Waals surface area (Å²) in [6.07, 6.45) is -4.07. The zero-order chi connectivity index (χ0) is 28.4. The van der Waals surface area contributed by atoms with Crippen LogP contribution in [-0.4, -0.2) is 31.6 Å². The van der Waals surface area contributed by atoms with Crippen LogP contribution >= 0.6 is 0 Å². The van der Waals surface area contributed by atoms with Crippen LogP contribution in [0.2, 0.25) is 0 Å². The van der Waals surface area contributed by atoms with E-state index in [1.54, 1.807) is 49.6 Å². The van der Waals surface area contributed by atoms with E-state index >= 15 is 0 Å². The third-order valence-electron chi connectivity index (χ3n) is 7.21. The summed E-state index contributed by atoms with van der Waals surface area (Å²) < 4.78 is 53.7. The molecule has 0 radical (unpaired) electrons. The van der Waals surface area contributed by atoms with Crippen LogP contribution in [0.25, 0.3) is 0 Å². The van der Waals surface area contributed by atoms with E-state index in [0.717, 1.165) is 5.56 Å². The highest BCUT2D eigenvalue weighted by atomic mass is 19.4. The van der Waals surface area contributed by atoms with E-state index in [4.69, 9.17) is 9.47 Å². The average Bonchev–Trinajstić information content (AvgIpc) is 3.10. The molecule has 0 aromatic heterocycles. The minimum Gasteiger partial charge on any atom is -0.497 e. The Labute approximate surface area is 230 Å². The summed E-state index contributed by atoms with van der Waals surface area (Å²) in [4.78, 5) is 27.8. The van der Waals surface area contributed by atoms with Crippen LogP contribution in [0.3, 0.4) is 0 Å². The minimum absolute atomic E-state index is 0.0308. The first-order valence-electron chi connectivity index (χ1n) is 13.1. The van der Waals surface area contributed by atoms with Crippen LogP contribution in [0, 0.1) is 0 Å². The largest absolute Gasteiger partial charge is 0.497 e. The molecule has 1 N–H and O–H groups in total. The van der Waals surface area contributed by atoms with Gasteiger partial charge in [0.15, 0.2) is 5.78 Å². The molecule has 3 aromatic rings. The van der Waals surface area contributed by atoms with Gasteiger partial charge in [0, 0.05) is 23.3 Å². The predicted molar refractivity (Wildman–Crippen MR) is 146 cm³/mol. The van der Waals surface area contributed by atoms with Crippen LogP contribution in [-0.2, 0) is 9.59 Å². The number of fused-ring (bicyclic) bond motifs is 1. The minimum atomic E-state index is -5.18. The summed E-state index contributed by atoms with van der Waals surface area (Å²) in [5.74, 6) is -1.61. The van der Waals surface area contributed by atoms with Crippen molar-refractivity contribution in [1.82, 2.24) is 0 Å². The molecule has 0 spiro atoms. The lowest BCUT2D eigenvalue weighted by Crippen LogP contribution is -2.45. The summed E-state index contributed by atoms with van der Waals surface area (Å²) in [7, 11) is 1.57. The van der Waals surface area contributed by atoms with Gasteiger partial charge < -0.3 is 14.8 Å². The quantitative estimate of drug-likeness (QED) is 0.360. The van der Waals surface area contributed by atoms with Gasteiger partial charge in [-0.1, -0.05) is 49.4 Å². The smallest absolute Gasteiger partial charge is 0.471 e. The van der Waals surface area contributed by atoms with E-state index in [9.17, 15) is 22.8 Å². The van der Waals surface area contributed by atoms with Gasteiger partial charge in [0.25, 0.3) is 0 Å². The van der Waals surface area contributed by atoms with Crippen molar-refractivity contribution in [2.75, 3.05) is 23.9 Å². The SMILES string of the molecule is CCCOc1ccccc1[C@@H]1C2=C(C[C@@H](c3ccc(OC)cc3)CC2=O)Nc2ccccc2N1C(=O)C(F)(F)F. The fourth-order valence-corrected chi connectivity index (χ4v) is 5.41. The number of anilines is 2. The Kier molecular flexibility index (Phi) is 7.56. The Bertz CT molecular complexity index is 1450. The number of ketones is 1. The average molecular weight is 551 g/mol. The van der Waals surface area contributed by atoms with Crippen LogP contribution < -0.4 is 19.7 Å². The lowest BCUT2D eigenvalue weighted by Gasteiger charge is -2.36. The summed E-state index contributed by atoms with van der Waals surface area (Å²) >= 11 is 0. The van der Waals surface area contributed by atoms with Crippen molar-refractivity contribution in [3.05, 3.63) is 95.2 Å². The van der Waals surface area contributed by atoms with Gasteiger partial charge in [0.1, 0.15) is 11.5 Å². The number of hydrogen-bond acceptors (Lipinski definition) is 5. The second-order valence-electron chi connectivity index (χ2n) is 9.80. The van der Waals surface area contributed by atoms with Crippen molar-refractivity contribution in [3.8, 4) is 11.5 Å². The number of hydrogen-bond donors (Lipinski definition) is 1. The number of Topliss-reactive ketones (excluding diaryl/α,β-unsaturated/α-hetero) is 1. The Morgan fingerprint density at radius 1 is 1.00 bits per heavy atom. The Morgan fingerprint density at radius 3 is 2.40 bits per heavy atom. The molecule has 208 valence electrons. The van der Waals surface area contributed by atoms with Crippen molar-refractivity contribution in [2.45, 2.75) is 44.3 Å². The third kappa shape index (κ3) is 5.15. The molecular formula is C31H29F3N2O4. The number of para-hydroxylation sites is 3. The number of ether oxygens (including phenoxy) is 2. The topological polar surface area (TPSA) is 67.9 Å². The molecule has 1 aliphatic heterocycles. The molecule has 0 unspecified atom stereocenters. The first-order valence-corrected chi connectivity index (χ1v) is 13.1. The maximum Gasteiger partial charge on any atom is 0.471 e. The molecule has 0 bridgehead atoms. The van der Waals surface area contributed by atoms with Crippen LogP contribution in [0.15, 0.2) is 84.1 Å². The maximum absolute atomic E-state index is 14.2. The number of nitrogens with zero attached hydrogens (tertiary/aromatic N) is 1. The Balaban J connectivity index is 1.72. The zero-order valence-electron chi connectivity index (χ0n) is 22.1. The van der Waals surface area contributed by atoms with Gasteiger partial charge in [-0.2, -0.15) is 13.2 Å². The van der Waals surface area contributed by atoms with Gasteiger partial charge >= 0.3 is 12.1 Å². The lowest BCUT2D eigenvalue weighted by atomic mass is 9.78. The third-order valence-corrected chi connectivity index (χ3v) is 7.21. The molecule has 6 nitrogen and oxygen atoms in total. The number of allylic oxidation sites excluding steroid dienone is 1. The van der Waals surface area contributed by atoms with E-state index in [0.29, 0.717) is 52.8 Å². The number of carbonyl (C=O) groups excluding carboxylic acids is 2. The molecule has 2 atom stereocenters. The van der Waals surface area contributed by atoms with Gasteiger partial charge in [-0.25, -0.2) is 0 Å². The Hall–Kier alpha value is -4.27. The van der Waals surface area contributed by atoms with Crippen LogP contribution in [0.4, 0.5) is 24.5 Å². The maximum atomic E-state index is 14.2. The first-order chi connectivity index (χ1) is 19.2. The number of amides is 1. The fraction of sp³-hybridized carbons (Fsp3) is 0.290. The van der Waals surface area contributed by atoms with Crippen LogP contribution in [0.1, 0.15) is 49.3 Å². The molecule has 5 rings (SSSR count). The second-order valence-corrected chi connectivity index (χ2v) is 9.80.